The van der Waals surface area contributed by atoms with Crippen molar-refractivity contribution in [3.63, 3.8) is 0 Å². The minimum atomic E-state index is -3.89. The predicted octanol–water partition coefficient (Wildman–Crippen LogP) is 3.46. The maximum Gasteiger partial charge on any atom is 0.243 e. The first-order chi connectivity index (χ1) is 16.5. The zero-order chi connectivity index (χ0) is 23.7. The van der Waals surface area contributed by atoms with Crippen molar-refractivity contribution in [1.82, 2.24) is 24.4 Å². The van der Waals surface area contributed by atoms with Gasteiger partial charge in [-0.15, -0.1) is 0 Å². The van der Waals surface area contributed by atoms with Crippen LogP contribution in [-0.2, 0) is 23.1 Å². The van der Waals surface area contributed by atoms with Gasteiger partial charge in [0.15, 0.2) is 0 Å². The van der Waals surface area contributed by atoms with Crippen LogP contribution in [0.25, 0.3) is 5.69 Å². The number of fused-ring (bicyclic) bond motifs is 1. The van der Waals surface area contributed by atoms with Crippen molar-refractivity contribution in [3.05, 3.63) is 107 Å². The third kappa shape index (κ3) is 4.13. The summed E-state index contributed by atoms with van der Waals surface area (Å²) >= 11 is 0. The topological polar surface area (TPSA) is 80.1 Å². The van der Waals surface area contributed by atoms with E-state index in [0.29, 0.717) is 6.54 Å². The van der Waals surface area contributed by atoms with Gasteiger partial charge in [0.05, 0.1) is 4.90 Å². The standard InChI is InChI=1S/C25H24FN5O2S/c1-27-15-22(18-6-3-2-4-7-18)24-12-19-16-30(17-20(19)14-28-24)34(32,33)21-8-9-25(23(26)13-21)31-11-5-10-29-31/h2-14,22,27H,15-17H2,1H3. The van der Waals surface area contributed by atoms with Crippen molar-refractivity contribution in [1.29, 1.82) is 0 Å². The molecule has 0 amide bonds. The molecular formula is C25H24FN5O2S. The minimum Gasteiger partial charge on any atom is -0.319 e. The lowest BCUT2D eigenvalue weighted by Crippen LogP contribution is -2.25. The number of aromatic nitrogens is 3. The molecule has 1 N–H and O–H groups in total. The Morgan fingerprint density at radius 3 is 2.56 bits per heavy atom. The molecule has 2 aromatic carbocycles. The fraction of sp³-hybridized carbons (Fsp3) is 0.200. The number of halogens is 1. The van der Waals surface area contributed by atoms with Crippen LogP contribution in [0.15, 0.2) is 84.1 Å². The van der Waals surface area contributed by atoms with Crippen LogP contribution in [-0.4, -0.2) is 41.1 Å². The maximum atomic E-state index is 14.7. The average molecular weight is 478 g/mol. The van der Waals surface area contributed by atoms with E-state index in [1.807, 2.05) is 31.3 Å². The van der Waals surface area contributed by atoms with Crippen LogP contribution in [0.3, 0.4) is 0 Å². The molecule has 2 aromatic heterocycles. The number of rotatable bonds is 7. The van der Waals surface area contributed by atoms with Crippen LogP contribution in [0.4, 0.5) is 4.39 Å². The van der Waals surface area contributed by atoms with E-state index in [1.54, 1.807) is 18.5 Å². The highest BCUT2D eigenvalue weighted by Crippen LogP contribution is 2.32. The van der Waals surface area contributed by atoms with Gasteiger partial charge >= 0.3 is 0 Å². The monoisotopic (exact) mass is 477 g/mol. The fourth-order valence-corrected chi connectivity index (χ4v) is 5.72. The second-order valence-electron chi connectivity index (χ2n) is 8.24. The van der Waals surface area contributed by atoms with Gasteiger partial charge in [0.2, 0.25) is 10.0 Å². The van der Waals surface area contributed by atoms with E-state index in [2.05, 4.69) is 27.5 Å². The number of likely N-dealkylation sites (N-methyl/N-ethyl adjacent to an activating group) is 1. The molecule has 9 heteroatoms. The van der Waals surface area contributed by atoms with E-state index < -0.39 is 15.8 Å². The first-order valence-electron chi connectivity index (χ1n) is 10.9. The molecule has 174 valence electrons. The maximum absolute atomic E-state index is 14.7. The molecule has 0 radical (unpaired) electrons. The number of pyridine rings is 1. The lowest BCUT2D eigenvalue weighted by Gasteiger charge is -2.17. The molecule has 1 aliphatic heterocycles. The van der Waals surface area contributed by atoms with Crippen LogP contribution in [0.1, 0.15) is 28.3 Å². The van der Waals surface area contributed by atoms with Crippen molar-refractivity contribution < 1.29 is 12.8 Å². The Morgan fingerprint density at radius 2 is 1.85 bits per heavy atom. The van der Waals surface area contributed by atoms with Gasteiger partial charge in [-0.3, -0.25) is 4.98 Å². The van der Waals surface area contributed by atoms with Crippen LogP contribution < -0.4 is 5.32 Å². The molecule has 0 bridgehead atoms. The molecule has 5 rings (SSSR count). The quantitative estimate of drug-likeness (QED) is 0.441. The predicted molar refractivity (Wildman–Crippen MR) is 126 cm³/mol. The van der Waals surface area contributed by atoms with E-state index in [4.69, 9.17) is 0 Å². The molecule has 1 atom stereocenters. The second-order valence-corrected chi connectivity index (χ2v) is 10.2. The molecule has 0 aliphatic carbocycles. The van der Waals surface area contributed by atoms with E-state index in [-0.39, 0.29) is 29.6 Å². The van der Waals surface area contributed by atoms with Crippen molar-refractivity contribution in [2.45, 2.75) is 23.9 Å². The van der Waals surface area contributed by atoms with Crippen LogP contribution in [0.5, 0.6) is 0 Å². The minimum absolute atomic E-state index is 0.0473. The molecule has 4 aromatic rings. The first-order valence-corrected chi connectivity index (χ1v) is 12.4. The van der Waals surface area contributed by atoms with Crippen molar-refractivity contribution in [3.8, 4) is 5.69 Å². The highest BCUT2D eigenvalue weighted by atomic mass is 32.2. The molecule has 0 saturated carbocycles. The molecule has 3 heterocycles. The summed E-state index contributed by atoms with van der Waals surface area (Å²) in [4.78, 5) is 4.57. The molecule has 0 spiro atoms. The summed E-state index contributed by atoms with van der Waals surface area (Å²) in [5, 5.41) is 7.23. The number of hydrogen-bond donors (Lipinski definition) is 1. The number of nitrogens with zero attached hydrogens (tertiary/aromatic N) is 4. The Hall–Kier alpha value is -3.40. The normalized spacial score (nSPS) is 14.8. The summed E-state index contributed by atoms with van der Waals surface area (Å²) in [6.45, 7) is 1.13. The molecule has 0 fully saturated rings. The molecule has 0 saturated heterocycles. The summed E-state index contributed by atoms with van der Waals surface area (Å²) in [5.74, 6) is -0.602. The zero-order valence-corrected chi connectivity index (χ0v) is 19.4. The van der Waals surface area contributed by atoms with Gasteiger partial charge in [-0.25, -0.2) is 17.5 Å². The lowest BCUT2D eigenvalue weighted by atomic mass is 9.94. The van der Waals surface area contributed by atoms with Gasteiger partial charge in [0.25, 0.3) is 0 Å². The molecule has 1 aliphatic rings. The van der Waals surface area contributed by atoms with Crippen LogP contribution in [0, 0.1) is 5.82 Å². The summed E-state index contributed by atoms with van der Waals surface area (Å²) in [6, 6.07) is 17.7. The summed E-state index contributed by atoms with van der Waals surface area (Å²) in [7, 11) is -1.99. The SMILES string of the molecule is CNCC(c1ccccc1)c1cc2c(cn1)CN(S(=O)(=O)c1ccc(-n3cccn3)c(F)c1)C2. The molecule has 34 heavy (non-hydrogen) atoms. The lowest BCUT2D eigenvalue weighted by molar-refractivity contribution is 0.431. The summed E-state index contributed by atoms with van der Waals surface area (Å²) in [6.07, 6.45) is 4.89. The number of nitrogens with one attached hydrogen (secondary N) is 1. The van der Waals surface area contributed by atoms with Gasteiger partial charge in [-0.05, 0) is 54.1 Å². The number of hydrogen-bond acceptors (Lipinski definition) is 5. The van der Waals surface area contributed by atoms with Crippen LogP contribution >= 0.6 is 0 Å². The van der Waals surface area contributed by atoms with Gasteiger partial charge in [-0.2, -0.15) is 9.40 Å². The largest absolute Gasteiger partial charge is 0.319 e. The Kier molecular flexibility index (Phi) is 5.99. The third-order valence-electron chi connectivity index (χ3n) is 6.07. The highest BCUT2D eigenvalue weighted by Gasteiger charge is 2.32. The fourth-order valence-electron chi connectivity index (χ4n) is 4.31. The molecular weight excluding hydrogens is 453 g/mol. The molecule has 1 unspecified atom stereocenters. The van der Waals surface area contributed by atoms with Gasteiger partial charge in [-0.1, -0.05) is 30.3 Å². The Balaban J connectivity index is 1.41. The first kappa shape index (κ1) is 22.4. The van der Waals surface area contributed by atoms with Gasteiger partial charge in [0, 0.05) is 49.8 Å². The van der Waals surface area contributed by atoms with Crippen LogP contribution in [0.2, 0.25) is 0 Å². The Morgan fingerprint density at radius 1 is 1.06 bits per heavy atom. The summed E-state index contributed by atoms with van der Waals surface area (Å²) < 4.78 is 44.0. The average Bonchev–Trinajstić information content (AvgIpc) is 3.53. The summed E-state index contributed by atoms with van der Waals surface area (Å²) in [5.41, 5.74) is 3.99. The van der Waals surface area contributed by atoms with Crippen molar-refractivity contribution in [2.75, 3.05) is 13.6 Å². The number of sulfonamides is 1. The van der Waals surface area contributed by atoms with E-state index >= 15 is 0 Å². The Labute approximate surface area is 197 Å². The highest BCUT2D eigenvalue weighted by molar-refractivity contribution is 7.89. The second kappa shape index (κ2) is 9.09. The van der Waals surface area contributed by atoms with Gasteiger partial charge in [0.1, 0.15) is 11.5 Å². The number of benzene rings is 2. The third-order valence-corrected chi connectivity index (χ3v) is 7.86. The van der Waals surface area contributed by atoms with Gasteiger partial charge < -0.3 is 5.32 Å². The zero-order valence-electron chi connectivity index (χ0n) is 18.6. The van der Waals surface area contributed by atoms with Crippen molar-refractivity contribution in [2.24, 2.45) is 0 Å². The Bertz CT molecular complexity index is 1410. The van der Waals surface area contributed by atoms with Crippen molar-refractivity contribution >= 4 is 10.0 Å². The molecule has 7 nitrogen and oxygen atoms in total. The van der Waals surface area contributed by atoms with E-state index in [0.717, 1.165) is 28.5 Å². The smallest absolute Gasteiger partial charge is 0.243 e. The van der Waals surface area contributed by atoms with E-state index in [9.17, 15) is 12.8 Å². The van der Waals surface area contributed by atoms with E-state index in [1.165, 1.54) is 27.3 Å².